The van der Waals surface area contributed by atoms with Gasteiger partial charge in [0.05, 0.1) is 11.3 Å². The zero-order chi connectivity index (χ0) is 14.7. The molecule has 0 saturated heterocycles. The van der Waals surface area contributed by atoms with Crippen molar-refractivity contribution in [1.82, 2.24) is 9.97 Å². The van der Waals surface area contributed by atoms with Crippen LogP contribution in [0.5, 0.6) is 0 Å². The van der Waals surface area contributed by atoms with E-state index in [0.717, 1.165) is 12.1 Å². The molecule has 5 nitrogen and oxygen atoms in total. The van der Waals surface area contributed by atoms with Crippen LogP contribution < -0.4 is 11.1 Å². The molecule has 7 heteroatoms. The van der Waals surface area contributed by atoms with E-state index < -0.39 is 17.2 Å². The van der Waals surface area contributed by atoms with Gasteiger partial charge in [0.25, 0.3) is 0 Å². The van der Waals surface area contributed by atoms with Crippen molar-refractivity contribution in [3.8, 4) is 11.3 Å². The Balaban J connectivity index is 2.53. The van der Waals surface area contributed by atoms with Gasteiger partial charge in [0.2, 0.25) is 5.95 Å². The van der Waals surface area contributed by atoms with Crippen LogP contribution in [-0.4, -0.2) is 22.8 Å². The van der Waals surface area contributed by atoms with Crippen molar-refractivity contribution >= 4 is 18.1 Å². The maximum atomic E-state index is 13.6. The molecule has 0 radical (unpaired) electrons. The molecule has 0 saturated carbocycles. The minimum absolute atomic E-state index is 0.0151. The minimum atomic E-state index is -0.947. The van der Waals surface area contributed by atoms with E-state index in [2.05, 4.69) is 15.3 Å². The van der Waals surface area contributed by atoms with Gasteiger partial charge in [-0.15, -0.1) is 0 Å². The zero-order valence-corrected chi connectivity index (χ0v) is 10.7. The van der Waals surface area contributed by atoms with Crippen LogP contribution in [0, 0.1) is 11.6 Å². The third kappa shape index (κ3) is 2.71. The second-order valence-electron chi connectivity index (χ2n) is 4.00. The first-order chi connectivity index (χ1) is 9.55. The first-order valence-electron chi connectivity index (χ1n) is 5.88. The molecule has 20 heavy (non-hydrogen) atoms. The van der Waals surface area contributed by atoms with Crippen LogP contribution in [-0.2, 0) is 0 Å². The van der Waals surface area contributed by atoms with Gasteiger partial charge in [0.15, 0.2) is 6.29 Å². The number of nitrogens with two attached hydrogens (primary N) is 1. The average molecular weight is 278 g/mol. The molecule has 0 aliphatic rings. The second-order valence-corrected chi connectivity index (χ2v) is 4.00. The lowest BCUT2D eigenvalue weighted by Crippen LogP contribution is -2.04. The van der Waals surface area contributed by atoms with Crippen molar-refractivity contribution < 1.29 is 13.6 Å². The van der Waals surface area contributed by atoms with Gasteiger partial charge in [0.1, 0.15) is 17.5 Å². The lowest BCUT2D eigenvalue weighted by molar-refractivity contribution is 0.111. The quantitative estimate of drug-likeness (QED) is 0.838. The van der Waals surface area contributed by atoms with Gasteiger partial charge in [-0.1, -0.05) is 0 Å². The van der Waals surface area contributed by atoms with E-state index in [1.54, 1.807) is 0 Å². The lowest BCUT2D eigenvalue weighted by atomic mass is 10.1. The van der Waals surface area contributed by atoms with Crippen LogP contribution in [0.4, 0.5) is 20.5 Å². The molecule has 0 aliphatic carbocycles. The van der Waals surface area contributed by atoms with Crippen molar-refractivity contribution in [3.63, 3.8) is 0 Å². The SMILES string of the molecule is CCNc1cc(-c2cc(F)c(C=O)c(F)c2)nc(N)n1. The summed E-state index contributed by atoms with van der Waals surface area (Å²) in [4.78, 5) is 18.4. The summed E-state index contributed by atoms with van der Waals surface area (Å²) < 4.78 is 27.2. The maximum Gasteiger partial charge on any atom is 0.222 e. The number of carbonyl (C=O) groups is 1. The molecule has 0 unspecified atom stereocenters. The number of aromatic nitrogens is 2. The Labute approximate surface area is 113 Å². The molecule has 3 N–H and O–H groups in total. The Kier molecular flexibility index (Phi) is 3.88. The van der Waals surface area contributed by atoms with E-state index in [-0.39, 0.29) is 23.5 Å². The fourth-order valence-corrected chi connectivity index (χ4v) is 1.73. The van der Waals surface area contributed by atoms with Gasteiger partial charge < -0.3 is 11.1 Å². The molecule has 1 heterocycles. The third-order valence-electron chi connectivity index (χ3n) is 2.59. The number of nitrogen functional groups attached to an aromatic ring is 1. The fourth-order valence-electron chi connectivity index (χ4n) is 1.73. The second kappa shape index (κ2) is 5.60. The molecule has 0 aliphatic heterocycles. The summed E-state index contributed by atoms with van der Waals surface area (Å²) in [6.07, 6.45) is 0.132. The minimum Gasteiger partial charge on any atom is -0.370 e. The van der Waals surface area contributed by atoms with Gasteiger partial charge in [-0.05, 0) is 19.1 Å². The molecule has 2 rings (SSSR count). The highest BCUT2D eigenvalue weighted by atomic mass is 19.1. The van der Waals surface area contributed by atoms with Crippen LogP contribution in [0.3, 0.4) is 0 Å². The summed E-state index contributed by atoms with van der Waals surface area (Å²) in [5.74, 6) is -1.46. The Morgan fingerprint density at radius 3 is 2.45 bits per heavy atom. The van der Waals surface area contributed by atoms with E-state index in [9.17, 15) is 13.6 Å². The normalized spacial score (nSPS) is 10.3. The van der Waals surface area contributed by atoms with Crippen LogP contribution in [0.1, 0.15) is 17.3 Å². The van der Waals surface area contributed by atoms with Gasteiger partial charge in [-0.25, -0.2) is 13.8 Å². The van der Waals surface area contributed by atoms with E-state index in [4.69, 9.17) is 5.73 Å². The van der Waals surface area contributed by atoms with Crippen molar-refractivity contribution in [2.75, 3.05) is 17.6 Å². The van der Waals surface area contributed by atoms with Gasteiger partial charge >= 0.3 is 0 Å². The van der Waals surface area contributed by atoms with E-state index in [1.807, 2.05) is 6.92 Å². The first-order valence-corrected chi connectivity index (χ1v) is 5.88. The standard InChI is InChI=1S/C13H12F2N4O/c1-2-17-12-5-11(18-13(16)19-12)7-3-9(14)8(6-20)10(15)4-7/h3-6H,2H2,1H3,(H3,16,17,18,19). The molecule has 1 aromatic carbocycles. The number of aldehydes is 1. The molecule has 1 aromatic heterocycles. The Hall–Kier alpha value is -2.57. The van der Waals surface area contributed by atoms with Crippen LogP contribution in [0.25, 0.3) is 11.3 Å². The molecule has 0 amide bonds. The van der Waals surface area contributed by atoms with E-state index in [0.29, 0.717) is 12.4 Å². The van der Waals surface area contributed by atoms with Crippen LogP contribution in [0.15, 0.2) is 18.2 Å². The highest BCUT2D eigenvalue weighted by molar-refractivity contribution is 5.78. The Morgan fingerprint density at radius 2 is 1.90 bits per heavy atom. The number of nitrogens with one attached hydrogen (secondary N) is 1. The number of rotatable bonds is 4. The predicted octanol–water partition coefficient (Wildman–Crippen LogP) is 2.25. The zero-order valence-electron chi connectivity index (χ0n) is 10.7. The van der Waals surface area contributed by atoms with E-state index in [1.165, 1.54) is 6.07 Å². The number of anilines is 2. The van der Waals surface area contributed by atoms with Crippen molar-refractivity contribution in [3.05, 3.63) is 35.4 Å². The number of nitrogens with zero attached hydrogens (tertiary/aromatic N) is 2. The van der Waals surface area contributed by atoms with Crippen LogP contribution in [0.2, 0.25) is 0 Å². The topological polar surface area (TPSA) is 80.9 Å². The summed E-state index contributed by atoms with van der Waals surface area (Å²) in [5.41, 5.74) is 5.39. The Morgan fingerprint density at radius 1 is 1.25 bits per heavy atom. The number of carbonyl (C=O) groups excluding carboxylic acids is 1. The third-order valence-corrected chi connectivity index (χ3v) is 2.59. The number of benzene rings is 1. The molecule has 0 bridgehead atoms. The number of halogens is 2. The van der Waals surface area contributed by atoms with Gasteiger partial charge in [-0.2, -0.15) is 4.98 Å². The van der Waals surface area contributed by atoms with Crippen molar-refractivity contribution in [2.24, 2.45) is 0 Å². The summed E-state index contributed by atoms with van der Waals surface area (Å²) >= 11 is 0. The number of hydrogen-bond acceptors (Lipinski definition) is 5. The van der Waals surface area contributed by atoms with Crippen molar-refractivity contribution in [2.45, 2.75) is 6.92 Å². The fraction of sp³-hybridized carbons (Fsp3) is 0.154. The number of hydrogen-bond donors (Lipinski definition) is 2. The highest BCUT2D eigenvalue weighted by Gasteiger charge is 2.13. The van der Waals surface area contributed by atoms with E-state index >= 15 is 0 Å². The molecular formula is C13H12F2N4O. The molecule has 104 valence electrons. The Bertz CT molecular complexity index is 638. The first kappa shape index (κ1) is 13.9. The molecule has 0 atom stereocenters. The maximum absolute atomic E-state index is 13.6. The largest absolute Gasteiger partial charge is 0.370 e. The average Bonchev–Trinajstić information content (AvgIpc) is 2.38. The van der Waals surface area contributed by atoms with Gasteiger partial charge in [0, 0.05) is 18.2 Å². The summed E-state index contributed by atoms with van der Waals surface area (Å²) in [6, 6.07) is 3.59. The molecular weight excluding hydrogens is 266 g/mol. The highest BCUT2D eigenvalue weighted by Crippen LogP contribution is 2.24. The summed E-state index contributed by atoms with van der Waals surface area (Å²) in [6.45, 7) is 2.49. The summed E-state index contributed by atoms with van der Waals surface area (Å²) in [7, 11) is 0. The smallest absolute Gasteiger partial charge is 0.222 e. The molecule has 0 spiro atoms. The lowest BCUT2D eigenvalue weighted by Gasteiger charge is -2.08. The predicted molar refractivity (Wildman–Crippen MR) is 71.3 cm³/mol. The summed E-state index contributed by atoms with van der Waals surface area (Å²) in [5, 5.41) is 2.94. The van der Waals surface area contributed by atoms with Crippen molar-refractivity contribution in [1.29, 1.82) is 0 Å². The molecule has 2 aromatic rings. The van der Waals surface area contributed by atoms with Crippen LogP contribution >= 0.6 is 0 Å². The monoisotopic (exact) mass is 278 g/mol. The molecule has 0 fully saturated rings. The van der Waals surface area contributed by atoms with Gasteiger partial charge in [-0.3, -0.25) is 4.79 Å².